The quantitative estimate of drug-likeness (QED) is 0.230. The zero-order valence-electron chi connectivity index (χ0n) is 20.4. The molecule has 0 saturated carbocycles. The van der Waals surface area contributed by atoms with Crippen LogP contribution < -0.4 is 0 Å². The SMILES string of the molecule is CCN(CCO)C(=O)CCCN1C(=O)/C(=C2\SC(=S)N(CCCC(=O)N(CC)CCO)C2=O)SC1=S. The molecule has 2 fully saturated rings. The van der Waals surface area contributed by atoms with Gasteiger partial charge in [-0.25, -0.2) is 0 Å². The molecule has 36 heavy (non-hydrogen) atoms. The number of nitrogens with zero attached hydrogens (tertiary/aromatic N) is 4. The van der Waals surface area contributed by atoms with Gasteiger partial charge in [0.1, 0.15) is 8.64 Å². The summed E-state index contributed by atoms with van der Waals surface area (Å²) in [4.78, 5) is 57.0. The van der Waals surface area contributed by atoms with Gasteiger partial charge in [-0.05, 0) is 26.7 Å². The zero-order valence-corrected chi connectivity index (χ0v) is 23.7. The molecule has 0 spiro atoms. The van der Waals surface area contributed by atoms with Crippen LogP contribution in [0.5, 0.6) is 0 Å². The average molecular weight is 577 g/mol. The maximum Gasteiger partial charge on any atom is 0.267 e. The van der Waals surface area contributed by atoms with E-state index in [0.29, 0.717) is 34.6 Å². The van der Waals surface area contributed by atoms with Crippen molar-refractivity contribution >= 4 is 80.2 Å². The van der Waals surface area contributed by atoms with Crippen LogP contribution in [0.2, 0.25) is 0 Å². The van der Waals surface area contributed by atoms with Gasteiger partial charge in [0.05, 0.1) is 23.0 Å². The van der Waals surface area contributed by atoms with Crippen molar-refractivity contribution in [2.45, 2.75) is 39.5 Å². The lowest BCUT2D eigenvalue weighted by Crippen LogP contribution is -2.35. The summed E-state index contributed by atoms with van der Waals surface area (Å²) in [5, 5.41) is 18.1. The maximum absolute atomic E-state index is 13.0. The Labute approximate surface area is 230 Å². The average Bonchev–Trinajstić information content (AvgIpc) is 3.29. The molecule has 0 aromatic heterocycles. The second-order valence-corrected chi connectivity index (χ2v) is 11.2. The van der Waals surface area contributed by atoms with E-state index in [2.05, 4.69) is 0 Å². The van der Waals surface area contributed by atoms with Crippen molar-refractivity contribution < 1.29 is 29.4 Å². The lowest BCUT2D eigenvalue weighted by atomic mass is 10.2. The van der Waals surface area contributed by atoms with E-state index in [0.717, 1.165) is 23.5 Å². The molecule has 2 aliphatic heterocycles. The van der Waals surface area contributed by atoms with Crippen LogP contribution in [-0.4, -0.2) is 115 Å². The van der Waals surface area contributed by atoms with Gasteiger partial charge in [-0.2, -0.15) is 0 Å². The minimum Gasteiger partial charge on any atom is -0.395 e. The number of hydrogen-bond donors (Lipinski definition) is 2. The van der Waals surface area contributed by atoms with Gasteiger partial charge >= 0.3 is 0 Å². The minimum absolute atomic E-state index is 0.102. The van der Waals surface area contributed by atoms with E-state index in [4.69, 9.17) is 34.6 Å². The Balaban J connectivity index is 1.96. The predicted octanol–water partition coefficient (Wildman–Crippen LogP) is 1.16. The predicted molar refractivity (Wildman–Crippen MR) is 148 cm³/mol. The van der Waals surface area contributed by atoms with Crippen molar-refractivity contribution in [3.8, 4) is 0 Å². The van der Waals surface area contributed by atoms with Crippen LogP contribution in [0.1, 0.15) is 39.5 Å². The second-order valence-electron chi connectivity index (χ2n) is 7.91. The van der Waals surface area contributed by atoms with E-state index < -0.39 is 0 Å². The Morgan fingerprint density at radius 1 is 0.778 bits per heavy atom. The summed E-state index contributed by atoms with van der Waals surface area (Å²) in [7, 11) is 0. The fourth-order valence-corrected chi connectivity index (χ4v) is 6.48. The largest absolute Gasteiger partial charge is 0.395 e. The molecule has 0 unspecified atom stereocenters. The van der Waals surface area contributed by atoms with E-state index in [1.807, 2.05) is 13.8 Å². The molecule has 0 aromatic carbocycles. The molecule has 4 amide bonds. The Kier molecular flexibility index (Phi) is 12.8. The lowest BCUT2D eigenvalue weighted by Gasteiger charge is -2.20. The summed E-state index contributed by atoms with van der Waals surface area (Å²) in [6.07, 6.45) is 1.24. The molecule has 10 nitrogen and oxygen atoms in total. The van der Waals surface area contributed by atoms with Gasteiger partial charge in [-0.15, -0.1) is 0 Å². The number of thiocarbonyl (C=S) groups is 2. The number of aliphatic hydroxyl groups is 2. The number of amides is 4. The fourth-order valence-electron chi connectivity index (χ4n) is 3.71. The molecular formula is C22H32N4O6S4. The van der Waals surface area contributed by atoms with Crippen molar-refractivity contribution in [3.63, 3.8) is 0 Å². The van der Waals surface area contributed by atoms with Gasteiger partial charge < -0.3 is 20.0 Å². The highest BCUT2D eigenvalue weighted by Crippen LogP contribution is 2.42. The molecule has 14 heteroatoms. The van der Waals surface area contributed by atoms with Crippen LogP contribution in [0, 0.1) is 0 Å². The monoisotopic (exact) mass is 576 g/mol. The molecule has 2 rings (SSSR count). The number of thioether (sulfide) groups is 2. The highest BCUT2D eigenvalue weighted by molar-refractivity contribution is 8.29. The maximum atomic E-state index is 13.0. The molecule has 2 saturated heterocycles. The third-order valence-corrected chi connectivity index (χ3v) is 8.68. The number of aliphatic hydroxyl groups excluding tert-OH is 2. The van der Waals surface area contributed by atoms with E-state index in [1.54, 1.807) is 9.80 Å². The van der Waals surface area contributed by atoms with Crippen LogP contribution in [0.4, 0.5) is 0 Å². The number of hydrogen-bond acceptors (Lipinski definition) is 10. The summed E-state index contributed by atoms with van der Waals surface area (Å²) >= 11 is 12.8. The van der Waals surface area contributed by atoms with Crippen molar-refractivity contribution in [1.29, 1.82) is 0 Å². The Morgan fingerprint density at radius 3 is 1.44 bits per heavy atom. The van der Waals surface area contributed by atoms with E-state index >= 15 is 0 Å². The molecule has 0 aromatic rings. The van der Waals surface area contributed by atoms with Gasteiger partial charge in [0.25, 0.3) is 11.8 Å². The second kappa shape index (κ2) is 15.0. The first-order chi connectivity index (χ1) is 17.2. The van der Waals surface area contributed by atoms with Crippen LogP contribution >= 0.6 is 48.0 Å². The van der Waals surface area contributed by atoms with Crippen molar-refractivity contribution in [2.75, 3.05) is 52.5 Å². The van der Waals surface area contributed by atoms with Crippen molar-refractivity contribution in [2.24, 2.45) is 0 Å². The summed E-state index contributed by atoms with van der Waals surface area (Å²) in [5.41, 5.74) is 0. The highest BCUT2D eigenvalue weighted by atomic mass is 32.2. The van der Waals surface area contributed by atoms with Crippen LogP contribution in [0.3, 0.4) is 0 Å². The van der Waals surface area contributed by atoms with E-state index in [-0.39, 0.29) is 85.7 Å². The van der Waals surface area contributed by atoms with Crippen molar-refractivity contribution in [1.82, 2.24) is 19.6 Å². The van der Waals surface area contributed by atoms with E-state index in [1.165, 1.54) is 9.80 Å². The third-order valence-electron chi connectivity index (χ3n) is 5.66. The summed E-state index contributed by atoms with van der Waals surface area (Å²) in [6.45, 7) is 5.49. The molecule has 2 heterocycles. The smallest absolute Gasteiger partial charge is 0.267 e. The van der Waals surface area contributed by atoms with Gasteiger partial charge in [-0.1, -0.05) is 48.0 Å². The van der Waals surface area contributed by atoms with Gasteiger partial charge in [-0.3, -0.25) is 29.0 Å². The molecular weight excluding hydrogens is 545 g/mol. The lowest BCUT2D eigenvalue weighted by molar-refractivity contribution is -0.132. The molecule has 0 aliphatic carbocycles. The highest BCUT2D eigenvalue weighted by Gasteiger charge is 2.41. The number of carbonyl (C=O) groups is 4. The molecule has 2 aliphatic rings. The normalized spacial score (nSPS) is 18.0. The van der Waals surface area contributed by atoms with E-state index in [9.17, 15) is 19.2 Å². The molecule has 0 radical (unpaired) electrons. The Bertz CT molecular complexity index is 856. The van der Waals surface area contributed by atoms with Crippen molar-refractivity contribution in [3.05, 3.63) is 9.81 Å². The van der Waals surface area contributed by atoms with Crippen LogP contribution in [-0.2, 0) is 19.2 Å². The van der Waals surface area contributed by atoms with Crippen LogP contribution in [0.25, 0.3) is 0 Å². The number of carbonyl (C=O) groups excluding carboxylic acids is 4. The first kappa shape index (κ1) is 30.6. The molecule has 0 bridgehead atoms. The fraction of sp³-hybridized carbons (Fsp3) is 0.636. The first-order valence-corrected chi connectivity index (χ1v) is 14.2. The summed E-state index contributed by atoms with van der Waals surface area (Å²) in [5.74, 6) is -0.957. The van der Waals surface area contributed by atoms with Crippen LogP contribution in [0.15, 0.2) is 9.81 Å². The number of rotatable bonds is 14. The van der Waals surface area contributed by atoms with Gasteiger partial charge in [0.2, 0.25) is 11.8 Å². The molecule has 200 valence electrons. The molecule has 0 atom stereocenters. The topological polar surface area (TPSA) is 122 Å². The minimum atomic E-state index is -0.376. The number of likely N-dealkylation sites (N-methyl/N-ethyl adjacent to an activating group) is 2. The van der Waals surface area contributed by atoms with Gasteiger partial charge in [0, 0.05) is 52.1 Å². The Hall–Kier alpha value is -1.58. The summed E-state index contributed by atoms with van der Waals surface area (Å²) in [6, 6.07) is 0. The summed E-state index contributed by atoms with van der Waals surface area (Å²) < 4.78 is 0.647. The Morgan fingerprint density at radius 2 is 1.14 bits per heavy atom. The zero-order chi connectivity index (χ0) is 26.8. The standard InChI is InChI=1S/C22H32N4O6S4/c1-3-23(11-13-27)15(29)7-5-9-25-19(31)17(35-21(25)33)18-20(32)26(22(34)36-18)10-6-8-16(30)24(4-2)12-14-28/h27-28H,3-14H2,1-2H3/b18-17+. The first-order valence-electron chi connectivity index (χ1n) is 11.8. The third kappa shape index (κ3) is 7.71. The van der Waals surface area contributed by atoms with Gasteiger partial charge in [0.15, 0.2) is 0 Å². The molecule has 2 N–H and O–H groups in total.